The lowest BCUT2D eigenvalue weighted by atomic mass is 9.86. The molecule has 1 rings (SSSR count). The highest BCUT2D eigenvalue weighted by atomic mass is 35.5. The van der Waals surface area contributed by atoms with Crippen LogP contribution in [0.4, 0.5) is 4.39 Å². The number of carbonyl (C=O) groups is 1. The van der Waals surface area contributed by atoms with E-state index < -0.39 is 5.82 Å². The van der Waals surface area contributed by atoms with Crippen LogP contribution in [0.3, 0.4) is 0 Å². The fourth-order valence-electron chi connectivity index (χ4n) is 1.79. The Hall–Kier alpha value is -0.890. The first-order valence-corrected chi connectivity index (χ1v) is 5.74. The van der Waals surface area contributed by atoms with Crippen molar-refractivity contribution in [3.8, 4) is 0 Å². The van der Waals surface area contributed by atoms with E-state index in [9.17, 15) is 9.18 Å². The van der Waals surface area contributed by atoms with Crippen LogP contribution in [0.15, 0.2) is 18.2 Å². The summed E-state index contributed by atoms with van der Waals surface area (Å²) in [5.74, 6) is -0.255. The van der Waals surface area contributed by atoms with Gasteiger partial charge in [-0.1, -0.05) is 37.6 Å². The van der Waals surface area contributed by atoms with Gasteiger partial charge in [-0.25, -0.2) is 4.39 Å². The molecule has 1 atom stereocenters. The van der Waals surface area contributed by atoms with E-state index in [-0.39, 0.29) is 22.6 Å². The lowest BCUT2D eigenvalue weighted by Gasteiger charge is -2.18. The summed E-state index contributed by atoms with van der Waals surface area (Å²) in [6.45, 7) is 5.48. The molecule has 3 heteroatoms. The third kappa shape index (κ3) is 3.05. The number of Topliss-reactive ketones (excluding diaryl/α,β-unsaturated/α-hetero) is 1. The zero-order valence-corrected chi connectivity index (χ0v) is 10.5. The molecule has 1 unspecified atom stereocenters. The van der Waals surface area contributed by atoms with Crippen LogP contribution in [0.25, 0.3) is 0 Å². The highest BCUT2D eigenvalue weighted by Gasteiger charge is 2.20. The second-order valence-electron chi connectivity index (χ2n) is 4.38. The molecule has 1 aromatic rings. The molecule has 1 aromatic carbocycles. The molecule has 1 nitrogen and oxygen atoms in total. The molecule has 0 spiro atoms. The van der Waals surface area contributed by atoms with Crippen LogP contribution in [-0.4, -0.2) is 5.78 Å². The average Bonchev–Trinajstić information content (AvgIpc) is 2.19. The first kappa shape index (κ1) is 13.2. The fraction of sp³-hybridized carbons (Fsp3) is 0.462. The Bertz CT molecular complexity index is 388. The molecule has 0 saturated carbocycles. The summed E-state index contributed by atoms with van der Waals surface area (Å²) in [4.78, 5) is 11.4. The Balaban J connectivity index is 2.94. The molecule has 16 heavy (non-hydrogen) atoms. The van der Waals surface area contributed by atoms with Crippen LogP contribution in [-0.2, 0) is 11.2 Å². The van der Waals surface area contributed by atoms with Crippen molar-refractivity contribution in [2.24, 2.45) is 11.8 Å². The van der Waals surface area contributed by atoms with Gasteiger partial charge in [-0.15, -0.1) is 0 Å². The number of rotatable bonds is 4. The maximum Gasteiger partial charge on any atom is 0.144 e. The molecule has 0 aliphatic rings. The van der Waals surface area contributed by atoms with E-state index in [0.717, 1.165) is 0 Å². The van der Waals surface area contributed by atoms with Crippen molar-refractivity contribution in [2.45, 2.75) is 27.2 Å². The zero-order valence-electron chi connectivity index (χ0n) is 9.76. The van der Waals surface area contributed by atoms with Gasteiger partial charge in [0.15, 0.2) is 0 Å². The van der Waals surface area contributed by atoms with Gasteiger partial charge in [-0.3, -0.25) is 4.79 Å². The number of halogens is 2. The number of carbonyl (C=O) groups excluding carboxylic acids is 1. The second kappa shape index (κ2) is 5.44. The van der Waals surface area contributed by atoms with Crippen molar-refractivity contribution in [1.82, 2.24) is 0 Å². The van der Waals surface area contributed by atoms with Crippen LogP contribution >= 0.6 is 11.6 Å². The van der Waals surface area contributed by atoms with Crippen LogP contribution in [0.2, 0.25) is 5.02 Å². The molecule has 0 N–H and O–H groups in total. The Morgan fingerprint density at radius 1 is 1.44 bits per heavy atom. The molecular weight excluding hydrogens is 227 g/mol. The van der Waals surface area contributed by atoms with E-state index in [0.29, 0.717) is 12.0 Å². The predicted octanol–water partition coefficient (Wildman–Crippen LogP) is 3.88. The molecule has 0 amide bonds. The Morgan fingerprint density at radius 2 is 2.06 bits per heavy atom. The predicted molar refractivity (Wildman–Crippen MR) is 64.1 cm³/mol. The summed E-state index contributed by atoms with van der Waals surface area (Å²) in [7, 11) is 0. The molecule has 0 fully saturated rings. The summed E-state index contributed by atoms with van der Waals surface area (Å²) >= 11 is 5.70. The Kier molecular flexibility index (Phi) is 4.48. The molecule has 88 valence electrons. The minimum Gasteiger partial charge on any atom is -0.300 e. The number of hydrogen-bond acceptors (Lipinski definition) is 1. The van der Waals surface area contributed by atoms with Crippen molar-refractivity contribution >= 4 is 17.4 Å². The normalized spacial score (nSPS) is 12.9. The van der Waals surface area contributed by atoms with Crippen molar-refractivity contribution in [1.29, 1.82) is 0 Å². The van der Waals surface area contributed by atoms with Crippen LogP contribution in [0, 0.1) is 17.7 Å². The first-order valence-electron chi connectivity index (χ1n) is 5.36. The van der Waals surface area contributed by atoms with Crippen LogP contribution in [0.1, 0.15) is 26.3 Å². The fourth-order valence-corrected chi connectivity index (χ4v) is 1.99. The third-order valence-corrected chi connectivity index (χ3v) is 3.09. The van der Waals surface area contributed by atoms with Gasteiger partial charge in [0.05, 0.1) is 5.02 Å². The summed E-state index contributed by atoms with van der Waals surface area (Å²) in [6.07, 6.45) is 0.416. The molecule has 0 radical (unpaired) electrons. The summed E-state index contributed by atoms with van der Waals surface area (Å²) in [6, 6.07) is 4.90. The zero-order chi connectivity index (χ0) is 12.3. The van der Waals surface area contributed by atoms with Gasteiger partial charge in [-0.2, -0.15) is 0 Å². The number of ketones is 1. The van der Waals surface area contributed by atoms with Crippen molar-refractivity contribution < 1.29 is 9.18 Å². The van der Waals surface area contributed by atoms with E-state index in [1.54, 1.807) is 19.1 Å². The lowest BCUT2D eigenvalue weighted by molar-refractivity contribution is -0.121. The molecule has 0 aromatic heterocycles. The molecule has 0 heterocycles. The summed E-state index contributed by atoms with van der Waals surface area (Å²) < 4.78 is 13.6. The van der Waals surface area contributed by atoms with E-state index in [1.807, 2.05) is 13.8 Å². The second-order valence-corrected chi connectivity index (χ2v) is 4.79. The van der Waals surface area contributed by atoms with Gasteiger partial charge < -0.3 is 0 Å². The maximum atomic E-state index is 13.6. The minimum absolute atomic E-state index is 0.0920. The smallest absolute Gasteiger partial charge is 0.144 e. The van der Waals surface area contributed by atoms with Crippen molar-refractivity contribution in [3.63, 3.8) is 0 Å². The highest BCUT2D eigenvalue weighted by molar-refractivity contribution is 6.30. The molecule has 0 aliphatic heterocycles. The Morgan fingerprint density at radius 3 is 2.56 bits per heavy atom. The van der Waals surface area contributed by atoms with E-state index >= 15 is 0 Å². The first-order chi connectivity index (χ1) is 7.43. The van der Waals surface area contributed by atoms with Gasteiger partial charge >= 0.3 is 0 Å². The molecule has 0 saturated heterocycles. The average molecular weight is 243 g/mol. The monoisotopic (exact) mass is 242 g/mol. The molecular formula is C13H16ClFO. The van der Waals surface area contributed by atoms with Gasteiger partial charge in [0.2, 0.25) is 0 Å². The van der Waals surface area contributed by atoms with E-state index in [1.165, 1.54) is 6.07 Å². The van der Waals surface area contributed by atoms with Gasteiger partial charge in [0.1, 0.15) is 11.6 Å². The maximum absolute atomic E-state index is 13.6. The summed E-state index contributed by atoms with van der Waals surface area (Å²) in [5.41, 5.74) is 0.515. The SMILES string of the molecule is CC(=O)C(Cc1cccc(Cl)c1F)C(C)C. The van der Waals surface area contributed by atoms with Crippen molar-refractivity contribution in [3.05, 3.63) is 34.6 Å². The van der Waals surface area contributed by atoms with Crippen LogP contribution < -0.4 is 0 Å². The molecule has 0 aliphatic carbocycles. The standard InChI is InChI=1S/C13H16ClFO/c1-8(2)11(9(3)16)7-10-5-4-6-12(14)13(10)15/h4-6,8,11H,7H2,1-3H3. The molecule has 0 bridgehead atoms. The van der Waals surface area contributed by atoms with Gasteiger partial charge in [-0.05, 0) is 30.9 Å². The Labute approximate surface area is 101 Å². The minimum atomic E-state index is -0.406. The van der Waals surface area contributed by atoms with Crippen molar-refractivity contribution in [2.75, 3.05) is 0 Å². The third-order valence-electron chi connectivity index (χ3n) is 2.80. The number of benzene rings is 1. The highest BCUT2D eigenvalue weighted by Crippen LogP contribution is 2.24. The van der Waals surface area contributed by atoms with Gasteiger partial charge in [0, 0.05) is 5.92 Å². The van der Waals surface area contributed by atoms with E-state index in [2.05, 4.69) is 0 Å². The van der Waals surface area contributed by atoms with Gasteiger partial charge in [0.25, 0.3) is 0 Å². The largest absolute Gasteiger partial charge is 0.300 e. The number of hydrogen-bond donors (Lipinski definition) is 0. The topological polar surface area (TPSA) is 17.1 Å². The summed E-state index contributed by atoms with van der Waals surface area (Å²) in [5, 5.41) is 0.114. The lowest BCUT2D eigenvalue weighted by Crippen LogP contribution is -2.20. The van der Waals surface area contributed by atoms with E-state index in [4.69, 9.17) is 11.6 Å². The quantitative estimate of drug-likeness (QED) is 0.783. The van der Waals surface area contributed by atoms with Crippen LogP contribution in [0.5, 0.6) is 0 Å².